The standard InChI is InChI=1S/C10H14BrN3O2S/c1-6-8(11)10(12-2)14-9(13-6)7-3-4-17(15,16)5-7/h7H,3-5H2,1-2H3,(H,12,13,14). The summed E-state index contributed by atoms with van der Waals surface area (Å²) in [7, 11) is -1.12. The molecule has 0 amide bonds. The minimum Gasteiger partial charge on any atom is -0.372 e. The fraction of sp³-hybridized carbons (Fsp3) is 0.600. The number of nitrogens with zero attached hydrogens (tertiary/aromatic N) is 2. The molecule has 1 atom stereocenters. The van der Waals surface area contributed by atoms with E-state index < -0.39 is 9.84 Å². The summed E-state index contributed by atoms with van der Waals surface area (Å²) in [5, 5.41) is 2.97. The van der Waals surface area contributed by atoms with Crippen LogP contribution in [-0.4, -0.2) is 36.9 Å². The number of nitrogens with one attached hydrogen (secondary N) is 1. The first-order chi connectivity index (χ1) is 7.93. The van der Waals surface area contributed by atoms with Crippen LogP contribution in [0.1, 0.15) is 23.9 Å². The largest absolute Gasteiger partial charge is 0.372 e. The molecule has 0 spiro atoms. The lowest BCUT2D eigenvalue weighted by Gasteiger charge is -2.11. The van der Waals surface area contributed by atoms with E-state index in [0.717, 1.165) is 10.2 Å². The number of aryl methyl sites for hydroxylation is 1. The van der Waals surface area contributed by atoms with Crippen LogP contribution in [0.25, 0.3) is 0 Å². The van der Waals surface area contributed by atoms with Crippen molar-refractivity contribution in [2.75, 3.05) is 23.9 Å². The SMILES string of the molecule is CNc1nc(C2CCS(=O)(=O)C2)nc(C)c1Br. The Morgan fingerprint density at radius 1 is 1.41 bits per heavy atom. The van der Waals surface area contributed by atoms with E-state index in [1.165, 1.54) is 0 Å². The molecule has 0 bridgehead atoms. The van der Waals surface area contributed by atoms with Gasteiger partial charge in [0.1, 0.15) is 11.6 Å². The lowest BCUT2D eigenvalue weighted by atomic mass is 10.1. The highest BCUT2D eigenvalue weighted by Crippen LogP contribution is 2.30. The van der Waals surface area contributed by atoms with Gasteiger partial charge < -0.3 is 5.32 Å². The molecule has 5 nitrogen and oxygen atoms in total. The third kappa shape index (κ3) is 2.60. The second-order valence-electron chi connectivity index (χ2n) is 4.18. The van der Waals surface area contributed by atoms with E-state index in [1.807, 2.05) is 6.92 Å². The zero-order valence-corrected chi connectivity index (χ0v) is 12.1. The Morgan fingerprint density at radius 2 is 2.12 bits per heavy atom. The Labute approximate surface area is 109 Å². The van der Waals surface area contributed by atoms with E-state index in [-0.39, 0.29) is 17.4 Å². The summed E-state index contributed by atoms with van der Waals surface area (Å²) in [6, 6.07) is 0. The number of sulfone groups is 1. The second-order valence-corrected chi connectivity index (χ2v) is 7.20. The molecule has 1 aromatic heterocycles. The molecule has 7 heteroatoms. The normalized spacial score (nSPS) is 22.6. The highest BCUT2D eigenvalue weighted by Gasteiger charge is 2.31. The molecule has 1 saturated heterocycles. The first kappa shape index (κ1) is 12.8. The van der Waals surface area contributed by atoms with Crippen molar-refractivity contribution in [2.45, 2.75) is 19.3 Å². The Balaban J connectivity index is 2.37. The lowest BCUT2D eigenvalue weighted by Crippen LogP contribution is -2.10. The molecule has 0 saturated carbocycles. The first-order valence-corrected chi connectivity index (χ1v) is 7.96. The van der Waals surface area contributed by atoms with Crippen LogP contribution in [0.15, 0.2) is 4.47 Å². The van der Waals surface area contributed by atoms with Crippen molar-refractivity contribution < 1.29 is 8.42 Å². The second kappa shape index (κ2) is 4.53. The first-order valence-electron chi connectivity index (χ1n) is 5.35. The summed E-state index contributed by atoms with van der Waals surface area (Å²) in [4.78, 5) is 8.73. The van der Waals surface area contributed by atoms with E-state index in [9.17, 15) is 8.42 Å². The van der Waals surface area contributed by atoms with Crippen LogP contribution in [0.3, 0.4) is 0 Å². The van der Waals surface area contributed by atoms with Crippen molar-refractivity contribution in [3.8, 4) is 0 Å². The molecule has 1 aromatic rings. The summed E-state index contributed by atoms with van der Waals surface area (Å²) in [5.41, 5.74) is 0.823. The van der Waals surface area contributed by atoms with E-state index in [0.29, 0.717) is 18.1 Å². The smallest absolute Gasteiger partial charge is 0.151 e. The molecule has 94 valence electrons. The van der Waals surface area contributed by atoms with Crippen LogP contribution in [-0.2, 0) is 9.84 Å². The van der Waals surface area contributed by atoms with Gasteiger partial charge in [0.2, 0.25) is 0 Å². The number of rotatable bonds is 2. The fourth-order valence-electron chi connectivity index (χ4n) is 1.93. The average molecular weight is 320 g/mol. The van der Waals surface area contributed by atoms with Gasteiger partial charge in [-0.15, -0.1) is 0 Å². The molecule has 17 heavy (non-hydrogen) atoms. The van der Waals surface area contributed by atoms with Gasteiger partial charge in [0, 0.05) is 13.0 Å². The molecule has 1 aliphatic rings. The number of hydrogen-bond acceptors (Lipinski definition) is 5. The summed E-state index contributed by atoms with van der Waals surface area (Å²) in [6.45, 7) is 1.87. The van der Waals surface area contributed by atoms with E-state index in [2.05, 4.69) is 31.2 Å². The zero-order valence-electron chi connectivity index (χ0n) is 9.70. The van der Waals surface area contributed by atoms with Crippen molar-refractivity contribution >= 4 is 31.6 Å². The summed E-state index contributed by atoms with van der Waals surface area (Å²) in [6.07, 6.45) is 0.618. The Hall–Kier alpha value is -0.690. The van der Waals surface area contributed by atoms with Gasteiger partial charge in [-0.1, -0.05) is 0 Å². The van der Waals surface area contributed by atoms with E-state index >= 15 is 0 Å². The number of aromatic nitrogens is 2. The molecule has 1 fully saturated rings. The maximum atomic E-state index is 11.4. The number of hydrogen-bond donors (Lipinski definition) is 1. The minimum atomic E-state index is -2.90. The van der Waals surface area contributed by atoms with Gasteiger partial charge in [-0.3, -0.25) is 0 Å². The van der Waals surface area contributed by atoms with Crippen LogP contribution in [0.2, 0.25) is 0 Å². The van der Waals surface area contributed by atoms with Crippen LogP contribution >= 0.6 is 15.9 Å². The predicted molar refractivity (Wildman–Crippen MR) is 70.0 cm³/mol. The van der Waals surface area contributed by atoms with Crippen LogP contribution in [0.5, 0.6) is 0 Å². The molecule has 1 N–H and O–H groups in total. The Kier molecular flexibility index (Phi) is 3.40. The van der Waals surface area contributed by atoms with Gasteiger partial charge in [-0.05, 0) is 29.3 Å². The third-order valence-electron chi connectivity index (χ3n) is 2.87. The molecule has 2 heterocycles. The molecular formula is C10H14BrN3O2S. The topological polar surface area (TPSA) is 72.0 Å². The maximum Gasteiger partial charge on any atom is 0.151 e. The van der Waals surface area contributed by atoms with Crippen molar-refractivity contribution in [1.29, 1.82) is 0 Å². The fourth-order valence-corrected chi connectivity index (χ4v) is 4.04. The summed E-state index contributed by atoms with van der Waals surface area (Å²) >= 11 is 3.40. The van der Waals surface area contributed by atoms with Crippen molar-refractivity contribution in [2.24, 2.45) is 0 Å². The summed E-state index contributed by atoms with van der Waals surface area (Å²) in [5.74, 6) is 1.66. The predicted octanol–water partition coefficient (Wildman–Crippen LogP) is 1.49. The van der Waals surface area contributed by atoms with Crippen molar-refractivity contribution in [1.82, 2.24) is 9.97 Å². The van der Waals surface area contributed by atoms with Gasteiger partial charge in [-0.25, -0.2) is 18.4 Å². The van der Waals surface area contributed by atoms with Gasteiger partial charge >= 0.3 is 0 Å². The van der Waals surface area contributed by atoms with Gasteiger partial charge in [-0.2, -0.15) is 0 Å². The molecular weight excluding hydrogens is 306 g/mol. The van der Waals surface area contributed by atoms with E-state index in [1.54, 1.807) is 7.05 Å². The lowest BCUT2D eigenvalue weighted by molar-refractivity contribution is 0.601. The molecule has 0 aliphatic carbocycles. The third-order valence-corrected chi connectivity index (χ3v) is 5.59. The van der Waals surface area contributed by atoms with Crippen molar-refractivity contribution in [3.05, 3.63) is 16.0 Å². The van der Waals surface area contributed by atoms with Crippen LogP contribution in [0.4, 0.5) is 5.82 Å². The van der Waals surface area contributed by atoms with Gasteiger partial charge in [0.05, 0.1) is 21.7 Å². The maximum absolute atomic E-state index is 11.4. The molecule has 0 radical (unpaired) electrons. The van der Waals surface area contributed by atoms with Crippen molar-refractivity contribution in [3.63, 3.8) is 0 Å². The monoisotopic (exact) mass is 319 g/mol. The molecule has 1 aliphatic heterocycles. The average Bonchev–Trinajstić information content (AvgIpc) is 2.62. The Morgan fingerprint density at radius 3 is 2.65 bits per heavy atom. The van der Waals surface area contributed by atoms with Gasteiger partial charge in [0.25, 0.3) is 0 Å². The number of anilines is 1. The van der Waals surface area contributed by atoms with E-state index in [4.69, 9.17) is 0 Å². The number of halogens is 1. The highest BCUT2D eigenvalue weighted by molar-refractivity contribution is 9.10. The molecule has 2 rings (SSSR count). The van der Waals surface area contributed by atoms with Crippen LogP contribution < -0.4 is 5.32 Å². The Bertz CT molecular complexity index is 545. The highest BCUT2D eigenvalue weighted by atomic mass is 79.9. The zero-order chi connectivity index (χ0) is 12.6. The molecule has 0 aromatic carbocycles. The van der Waals surface area contributed by atoms with Crippen LogP contribution in [0, 0.1) is 6.92 Å². The minimum absolute atomic E-state index is 0.0705. The quantitative estimate of drug-likeness (QED) is 0.894. The molecule has 1 unspecified atom stereocenters. The van der Waals surface area contributed by atoms with Gasteiger partial charge in [0.15, 0.2) is 9.84 Å². The summed E-state index contributed by atoms with van der Waals surface area (Å²) < 4.78 is 23.7.